The van der Waals surface area contributed by atoms with Gasteiger partial charge < -0.3 is 15.8 Å². The molecule has 0 fully saturated rings. The molecule has 0 radical (unpaired) electrons. The Morgan fingerprint density at radius 3 is 2.79 bits per heavy atom. The van der Waals surface area contributed by atoms with Gasteiger partial charge in [-0.2, -0.15) is 0 Å². The Kier molecular flexibility index (Phi) is 4.12. The molecule has 19 heavy (non-hydrogen) atoms. The van der Waals surface area contributed by atoms with Crippen LogP contribution in [0.1, 0.15) is 5.56 Å². The minimum Gasteiger partial charge on any atom is -0.496 e. The fourth-order valence-electron chi connectivity index (χ4n) is 1.76. The maximum Gasteiger partial charge on any atom is 0.148 e. The van der Waals surface area contributed by atoms with Crippen LogP contribution in [0.3, 0.4) is 0 Å². The van der Waals surface area contributed by atoms with Gasteiger partial charge in [-0.1, -0.05) is 17.7 Å². The molecule has 0 saturated carbocycles. The van der Waals surface area contributed by atoms with Crippen molar-refractivity contribution in [2.45, 2.75) is 6.54 Å². The van der Waals surface area contributed by atoms with Crippen LogP contribution >= 0.6 is 11.6 Å². The molecule has 0 saturated heterocycles. The Bertz CT molecular complexity index is 590. The van der Waals surface area contributed by atoms with E-state index in [2.05, 4.69) is 5.32 Å². The molecule has 0 aliphatic carbocycles. The van der Waals surface area contributed by atoms with Gasteiger partial charge >= 0.3 is 0 Å². The first kappa shape index (κ1) is 13.5. The Labute approximate surface area is 116 Å². The molecule has 3 nitrogen and oxygen atoms in total. The van der Waals surface area contributed by atoms with E-state index in [1.807, 2.05) is 6.07 Å². The van der Waals surface area contributed by atoms with Crippen LogP contribution in [0.25, 0.3) is 0 Å². The molecule has 5 heteroatoms. The van der Waals surface area contributed by atoms with E-state index in [0.29, 0.717) is 28.7 Å². The largest absolute Gasteiger partial charge is 0.496 e. The summed E-state index contributed by atoms with van der Waals surface area (Å²) in [6, 6.07) is 9.87. The number of hydrogen-bond donors (Lipinski definition) is 2. The Morgan fingerprint density at radius 2 is 2.11 bits per heavy atom. The van der Waals surface area contributed by atoms with Crippen molar-refractivity contribution in [1.82, 2.24) is 0 Å². The van der Waals surface area contributed by atoms with Crippen molar-refractivity contribution >= 4 is 23.0 Å². The fraction of sp³-hybridized carbons (Fsp3) is 0.143. The molecule has 2 aromatic rings. The molecule has 0 aliphatic heterocycles. The lowest BCUT2D eigenvalue weighted by molar-refractivity contribution is 0.410. The van der Waals surface area contributed by atoms with Crippen molar-refractivity contribution < 1.29 is 9.13 Å². The van der Waals surface area contributed by atoms with E-state index in [9.17, 15) is 4.39 Å². The van der Waals surface area contributed by atoms with Gasteiger partial charge in [-0.05, 0) is 30.3 Å². The highest BCUT2D eigenvalue weighted by Crippen LogP contribution is 2.27. The van der Waals surface area contributed by atoms with Crippen LogP contribution in [-0.2, 0) is 6.54 Å². The average molecular weight is 281 g/mol. The smallest absolute Gasteiger partial charge is 0.148 e. The van der Waals surface area contributed by atoms with Gasteiger partial charge in [0.2, 0.25) is 0 Å². The van der Waals surface area contributed by atoms with Gasteiger partial charge in [-0.15, -0.1) is 0 Å². The Hall–Kier alpha value is -1.94. The first-order valence-corrected chi connectivity index (χ1v) is 6.10. The summed E-state index contributed by atoms with van der Waals surface area (Å²) in [6.45, 7) is 0.365. The number of nitrogens with two attached hydrogens (primary N) is 1. The van der Waals surface area contributed by atoms with Crippen LogP contribution in [0.2, 0.25) is 5.02 Å². The van der Waals surface area contributed by atoms with Crippen LogP contribution in [0, 0.1) is 5.82 Å². The number of benzene rings is 2. The van der Waals surface area contributed by atoms with Gasteiger partial charge in [-0.3, -0.25) is 0 Å². The van der Waals surface area contributed by atoms with Crippen LogP contribution in [0.4, 0.5) is 15.8 Å². The molecule has 2 aromatic carbocycles. The highest BCUT2D eigenvalue weighted by molar-refractivity contribution is 6.31. The minimum absolute atomic E-state index is 0.365. The summed E-state index contributed by atoms with van der Waals surface area (Å²) in [5.74, 6) is 0.266. The van der Waals surface area contributed by atoms with Gasteiger partial charge in [0, 0.05) is 22.8 Å². The quantitative estimate of drug-likeness (QED) is 0.840. The van der Waals surface area contributed by atoms with Crippen molar-refractivity contribution in [2.75, 3.05) is 18.2 Å². The predicted molar refractivity (Wildman–Crippen MR) is 76.1 cm³/mol. The lowest BCUT2D eigenvalue weighted by Gasteiger charge is -2.12. The molecule has 0 atom stereocenters. The van der Waals surface area contributed by atoms with E-state index in [-0.39, 0.29) is 0 Å². The normalized spacial score (nSPS) is 10.3. The molecule has 0 unspecified atom stereocenters. The van der Waals surface area contributed by atoms with Crippen molar-refractivity contribution in [3.63, 3.8) is 0 Å². The summed E-state index contributed by atoms with van der Waals surface area (Å²) in [7, 11) is 1.57. The van der Waals surface area contributed by atoms with Gasteiger partial charge in [0.15, 0.2) is 0 Å². The van der Waals surface area contributed by atoms with Crippen LogP contribution in [-0.4, -0.2) is 7.11 Å². The van der Waals surface area contributed by atoms with Crippen LogP contribution in [0.15, 0.2) is 36.4 Å². The minimum atomic E-state index is -0.397. The summed E-state index contributed by atoms with van der Waals surface area (Å²) in [4.78, 5) is 0. The first-order chi connectivity index (χ1) is 9.11. The van der Waals surface area contributed by atoms with Gasteiger partial charge in [0.1, 0.15) is 11.6 Å². The zero-order valence-electron chi connectivity index (χ0n) is 10.4. The standard InChI is InChI=1S/C14H14ClFN2O/c1-19-14-4-2-3-11(15)10(14)8-18-13-6-5-9(17)7-12(13)16/h2-7,18H,8,17H2,1H3. The molecular weight excluding hydrogens is 267 g/mol. The van der Waals surface area contributed by atoms with E-state index >= 15 is 0 Å². The third kappa shape index (κ3) is 3.09. The van der Waals surface area contributed by atoms with Crippen LogP contribution < -0.4 is 15.8 Å². The third-order valence-corrected chi connectivity index (χ3v) is 3.10. The van der Waals surface area contributed by atoms with Crippen LogP contribution in [0.5, 0.6) is 5.75 Å². The summed E-state index contributed by atoms with van der Waals surface area (Å²) in [5, 5.41) is 3.55. The molecule has 0 bridgehead atoms. The zero-order valence-corrected chi connectivity index (χ0v) is 11.2. The number of ether oxygens (including phenoxy) is 1. The number of rotatable bonds is 4. The average Bonchev–Trinajstić information content (AvgIpc) is 2.39. The molecule has 0 amide bonds. The molecule has 0 heterocycles. The van der Waals surface area contributed by atoms with E-state index in [4.69, 9.17) is 22.1 Å². The molecular formula is C14H14ClFN2O. The van der Waals surface area contributed by atoms with E-state index in [0.717, 1.165) is 5.56 Å². The number of methoxy groups -OCH3 is 1. The summed E-state index contributed by atoms with van der Waals surface area (Å²) >= 11 is 6.11. The lowest BCUT2D eigenvalue weighted by Crippen LogP contribution is -2.04. The maximum atomic E-state index is 13.6. The lowest BCUT2D eigenvalue weighted by atomic mass is 10.2. The second-order valence-electron chi connectivity index (χ2n) is 4.01. The Morgan fingerprint density at radius 1 is 1.32 bits per heavy atom. The SMILES string of the molecule is COc1cccc(Cl)c1CNc1ccc(N)cc1F. The van der Waals surface area contributed by atoms with Gasteiger partial charge in [0.25, 0.3) is 0 Å². The highest BCUT2D eigenvalue weighted by atomic mass is 35.5. The van der Waals surface area contributed by atoms with E-state index in [1.165, 1.54) is 6.07 Å². The molecule has 100 valence electrons. The highest BCUT2D eigenvalue weighted by Gasteiger charge is 2.08. The molecule has 0 spiro atoms. The van der Waals surface area contributed by atoms with E-state index < -0.39 is 5.82 Å². The summed E-state index contributed by atoms with van der Waals surface area (Å²) < 4.78 is 18.9. The maximum absolute atomic E-state index is 13.6. The predicted octanol–water partition coefficient (Wildman–Crippen LogP) is 3.68. The molecule has 2 rings (SSSR count). The van der Waals surface area contributed by atoms with Crippen molar-refractivity contribution in [3.8, 4) is 5.75 Å². The number of anilines is 2. The number of nitrogens with one attached hydrogen (secondary N) is 1. The monoisotopic (exact) mass is 280 g/mol. The molecule has 0 aromatic heterocycles. The second-order valence-corrected chi connectivity index (χ2v) is 4.42. The van der Waals surface area contributed by atoms with E-state index in [1.54, 1.807) is 31.4 Å². The summed E-state index contributed by atoms with van der Waals surface area (Å²) in [6.07, 6.45) is 0. The number of halogens is 2. The van der Waals surface area contributed by atoms with Crippen molar-refractivity contribution in [1.29, 1.82) is 0 Å². The molecule has 0 aliphatic rings. The van der Waals surface area contributed by atoms with Gasteiger partial charge in [0.05, 0.1) is 12.8 Å². The Balaban J connectivity index is 2.19. The zero-order chi connectivity index (χ0) is 13.8. The first-order valence-electron chi connectivity index (χ1n) is 5.72. The van der Waals surface area contributed by atoms with Crippen molar-refractivity contribution in [2.24, 2.45) is 0 Å². The number of nitrogen functional groups attached to an aromatic ring is 1. The molecule has 3 N–H and O–H groups in total. The van der Waals surface area contributed by atoms with Gasteiger partial charge in [-0.25, -0.2) is 4.39 Å². The topological polar surface area (TPSA) is 47.3 Å². The van der Waals surface area contributed by atoms with Crippen molar-refractivity contribution in [3.05, 3.63) is 52.8 Å². The third-order valence-electron chi connectivity index (χ3n) is 2.74. The number of hydrogen-bond acceptors (Lipinski definition) is 3. The second kappa shape index (κ2) is 5.80. The summed E-state index contributed by atoms with van der Waals surface area (Å²) in [5.41, 5.74) is 7.03. The fourth-order valence-corrected chi connectivity index (χ4v) is 1.99.